The smallest absolute Gasteiger partial charge is 0.0591 e. The third-order valence-electron chi connectivity index (χ3n) is 2.75. The van der Waals surface area contributed by atoms with Gasteiger partial charge in [0.2, 0.25) is 0 Å². The van der Waals surface area contributed by atoms with Gasteiger partial charge < -0.3 is 10.1 Å². The lowest BCUT2D eigenvalue weighted by atomic mass is 10.1. The summed E-state index contributed by atoms with van der Waals surface area (Å²) in [6, 6.07) is 0.734. The lowest BCUT2D eigenvalue weighted by Crippen LogP contribution is -2.33. The average Bonchev–Trinajstić information content (AvgIpc) is 3.01. The molecule has 0 bridgehead atoms. The highest BCUT2D eigenvalue weighted by Gasteiger charge is 2.29. The highest BCUT2D eigenvalue weighted by Crippen LogP contribution is 2.33. The first kappa shape index (κ1) is 11.7. The molecular formula is C12H23NO. The maximum absolute atomic E-state index is 5.44. The topological polar surface area (TPSA) is 21.3 Å². The van der Waals surface area contributed by atoms with E-state index in [0.717, 1.165) is 38.1 Å². The van der Waals surface area contributed by atoms with Gasteiger partial charge in [-0.25, -0.2) is 0 Å². The van der Waals surface area contributed by atoms with Crippen molar-refractivity contribution in [2.75, 3.05) is 19.8 Å². The van der Waals surface area contributed by atoms with Crippen LogP contribution in [0.3, 0.4) is 0 Å². The second-order valence-electron chi connectivity index (χ2n) is 4.00. The SMILES string of the molecule is C=CCCOCCNC(CC)C1CC1. The zero-order chi connectivity index (χ0) is 10.2. The zero-order valence-corrected chi connectivity index (χ0v) is 9.30. The van der Waals surface area contributed by atoms with Gasteiger partial charge in [-0.1, -0.05) is 13.0 Å². The van der Waals surface area contributed by atoms with Gasteiger partial charge in [0.1, 0.15) is 0 Å². The van der Waals surface area contributed by atoms with Gasteiger partial charge in [-0.3, -0.25) is 0 Å². The average molecular weight is 197 g/mol. The van der Waals surface area contributed by atoms with E-state index in [4.69, 9.17) is 4.74 Å². The van der Waals surface area contributed by atoms with Crippen molar-refractivity contribution in [3.05, 3.63) is 12.7 Å². The number of rotatable bonds is 9. The second kappa shape index (κ2) is 7.02. The predicted octanol–water partition coefficient (Wildman–Crippen LogP) is 2.36. The van der Waals surface area contributed by atoms with E-state index in [9.17, 15) is 0 Å². The minimum atomic E-state index is 0.734. The van der Waals surface area contributed by atoms with Crippen LogP contribution in [0.5, 0.6) is 0 Å². The molecule has 2 nitrogen and oxygen atoms in total. The molecule has 0 spiro atoms. The van der Waals surface area contributed by atoms with Gasteiger partial charge >= 0.3 is 0 Å². The largest absolute Gasteiger partial charge is 0.380 e. The van der Waals surface area contributed by atoms with Crippen LogP contribution in [0, 0.1) is 5.92 Å². The second-order valence-corrected chi connectivity index (χ2v) is 4.00. The number of hydrogen-bond acceptors (Lipinski definition) is 2. The molecule has 1 aliphatic carbocycles. The Morgan fingerprint density at radius 2 is 2.29 bits per heavy atom. The number of nitrogens with one attached hydrogen (secondary N) is 1. The minimum absolute atomic E-state index is 0.734. The highest BCUT2D eigenvalue weighted by atomic mass is 16.5. The summed E-state index contributed by atoms with van der Waals surface area (Å²) in [5.74, 6) is 0.952. The number of hydrogen-bond donors (Lipinski definition) is 1. The van der Waals surface area contributed by atoms with Gasteiger partial charge in [-0.2, -0.15) is 0 Å². The van der Waals surface area contributed by atoms with Crippen LogP contribution >= 0.6 is 0 Å². The fourth-order valence-corrected chi connectivity index (χ4v) is 1.73. The van der Waals surface area contributed by atoms with E-state index in [-0.39, 0.29) is 0 Å². The van der Waals surface area contributed by atoms with Gasteiger partial charge in [-0.15, -0.1) is 6.58 Å². The van der Waals surface area contributed by atoms with E-state index >= 15 is 0 Å². The molecular weight excluding hydrogens is 174 g/mol. The summed E-state index contributed by atoms with van der Waals surface area (Å²) in [6.45, 7) is 8.55. The first-order valence-corrected chi connectivity index (χ1v) is 5.80. The van der Waals surface area contributed by atoms with E-state index in [0.29, 0.717) is 0 Å². The van der Waals surface area contributed by atoms with Gasteiger partial charge in [0.05, 0.1) is 13.2 Å². The Hall–Kier alpha value is -0.340. The molecule has 2 heteroatoms. The van der Waals surface area contributed by atoms with Crippen molar-refractivity contribution < 1.29 is 4.74 Å². The van der Waals surface area contributed by atoms with E-state index in [1.54, 1.807) is 0 Å². The summed E-state index contributed by atoms with van der Waals surface area (Å²) < 4.78 is 5.44. The Balaban J connectivity index is 1.88. The van der Waals surface area contributed by atoms with Crippen molar-refractivity contribution >= 4 is 0 Å². The molecule has 0 saturated heterocycles. The molecule has 1 saturated carbocycles. The van der Waals surface area contributed by atoms with Gasteiger partial charge in [0.25, 0.3) is 0 Å². The zero-order valence-electron chi connectivity index (χ0n) is 9.30. The van der Waals surface area contributed by atoms with Crippen LogP contribution in [-0.4, -0.2) is 25.8 Å². The third kappa shape index (κ3) is 4.77. The molecule has 1 rings (SSSR count). The van der Waals surface area contributed by atoms with Crippen molar-refractivity contribution in [2.45, 2.75) is 38.6 Å². The molecule has 1 unspecified atom stereocenters. The van der Waals surface area contributed by atoms with E-state index < -0.39 is 0 Å². The Morgan fingerprint density at radius 1 is 1.50 bits per heavy atom. The van der Waals surface area contributed by atoms with Crippen molar-refractivity contribution in [2.24, 2.45) is 5.92 Å². The highest BCUT2D eigenvalue weighted by molar-refractivity contribution is 4.85. The fourth-order valence-electron chi connectivity index (χ4n) is 1.73. The normalized spacial score (nSPS) is 18.1. The summed E-state index contributed by atoms with van der Waals surface area (Å²) >= 11 is 0. The van der Waals surface area contributed by atoms with Crippen molar-refractivity contribution in [3.63, 3.8) is 0 Å². The summed E-state index contributed by atoms with van der Waals surface area (Å²) in [7, 11) is 0. The summed E-state index contributed by atoms with van der Waals surface area (Å²) in [5, 5.41) is 3.56. The molecule has 82 valence electrons. The molecule has 0 radical (unpaired) electrons. The summed E-state index contributed by atoms with van der Waals surface area (Å²) in [4.78, 5) is 0. The van der Waals surface area contributed by atoms with Crippen molar-refractivity contribution in [3.8, 4) is 0 Å². The molecule has 0 amide bonds. The molecule has 0 heterocycles. The van der Waals surface area contributed by atoms with Crippen molar-refractivity contribution in [1.29, 1.82) is 0 Å². The standard InChI is InChI=1S/C12H23NO/c1-3-5-9-14-10-8-13-12(4-2)11-6-7-11/h3,11-13H,1,4-10H2,2H3. The van der Waals surface area contributed by atoms with E-state index in [1.807, 2.05) is 6.08 Å². The minimum Gasteiger partial charge on any atom is -0.380 e. The Labute approximate surface area is 87.7 Å². The number of ether oxygens (including phenoxy) is 1. The maximum Gasteiger partial charge on any atom is 0.0591 e. The van der Waals surface area contributed by atoms with Gasteiger partial charge in [0, 0.05) is 12.6 Å². The first-order chi connectivity index (χ1) is 6.88. The van der Waals surface area contributed by atoms with Crippen LogP contribution in [0.25, 0.3) is 0 Å². The third-order valence-corrected chi connectivity index (χ3v) is 2.75. The molecule has 1 aliphatic rings. The van der Waals surface area contributed by atoms with Crippen LogP contribution in [-0.2, 0) is 4.74 Å². The molecule has 0 aromatic heterocycles. The quantitative estimate of drug-likeness (QED) is 0.452. The van der Waals surface area contributed by atoms with Crippen LogP contribution in [0.2, 0.25) is 0 Å². The molecule has 0 aromatic carbocycles. The van der Waals surface area contributed by atoms with Crippen LogP contribution in [0.1, 0.15) is 32.6 Å². The fraction of sp³-hybridized carbons (Fsp3) is 0.833. The molecule has 1 atom stereocenters. The molecule has 0 aliphatic heterocycles. The lowest BCUT2D eigenvalue weighted by Gasteiger charge is -2.15. The van der Waals surface area contributed by atoms with Crippen molar-refractivity contribution in [1.82, 2.24) is 5.32 Å². The van der Waals surface area contributed by atoms with E-state index in [1.165, 1.54) is 19.3 Å². The first-order valence-electron chi connectivity index (χ1n) is 5.80. The van der Waals surface area contributed by atoms with Gasteiger partial charge in [-0.05, 0) is 31.6 Å². The van der Waals surface area contributed by atoms with E-state index in [2.05, 4.69) is 18.8 Å². The Bertz CT molecular complexity index is 154. The van der Waals surface area contributed by atoms with Crippen LogP contribution in [0.15, 0.2) is 12.7 Å². The monoisotopic (exact) mass is 197 g/mol. The van der Waals surface area contributed by atoms with Crippen LogP contribution < -0.4 is 5.32 Å². The van der Waals surface area contributed by atoms with Gasteiger partial charge in [0.15, 0.2) is 0 Å². The maximum atomic E-state index is 5.44. The Morgan fingerprint density at radius 3 is 2.86 bits per heavy atom. The molecule has 0 aromatic rings. The van der Waals surface area contributed by atoms with Crippen LogP contribution in [0.4, 0.5) is 0 Å². The molecule has 1 fully saturated rings. The summed E-state index contributed by atoms with van der Waals surface area (Å²) in [5.41, 5.74) is 0. The Kier molecular flexibility index (Phi) is 5.88. The predicted molar refractivity (Wildman–Crippen MR) is 60.4 cm³/mol. The molecule has 14 heavy (non-hydrogen) atoms. The molecule has 1 N–H and O–H groups in total. The summed E-state index contributed by atoms with van der Waals surface area (Å²) in [6.07, 6.45) is 6.94. The lowest BCUT2D eigenvalue weighted by molar-refractivity contribution is 0.137.